The van der Waals surface area contributed by atoms with Gasteiger partial charge < -0.3 is 9.84 Å². The van der Waals surface area contributed by atoms with Gasteiger partial charge in [-0.2, -0.15) is 5.10 Å². The van der Waals surface area contributed by atoms with Crippen LogP contribution in [0.15, 0.2) is 29.4 Å². The average Bonchev–Trinajstić information content (AvgIpc) is 2.99. The summed E-state index contributed by atoms with van der Waals surface area (Å²) in [5.74, 6) is 0.470. The van der Waals surface area contributed by atoms with Crippen molar-refractivity contribution in [2.45, 2.75) is 50.4 Å². The van der Waals surface area contributed by atoms with E-state index in [1.807, 2.05) is 6.92 Å². The number of aromatic nitrogens is 3. The fraction of sp³-hybridized carbons (Fsp3) is 0.529. The quantitative estimate of drug-likeness (QED) is 0.752. The molecule has 0 bridgehead atoms. The summed E-state index contributed by atoms with van der Waals surface area (Å²) in [7, 11) is -2.25. The first kappa shape index (κ1) is 18.8. The van der Waals surface area contributed by atoms with E-state index >= 15 is 0 Å². The van der Waals surface area contributed by atoms with Crippen molar-refractivity contribution in [2.75, 3.05) is 7.11 Å². The molecule has 0 aromatic carbocycles. The zero-order valence-corrected chi connectivity index (χ0v) is 15.9. The van der Waals surface area contributed by atoms with Crippen molar-refractivity contribution in [3.05, 3.63) is 35.7 Å². The van der Waals surface area contributed by atoms with Gasteiger partial charge in [-0.25, -0.2) is 18.1 Å². The Bertz CT molecular complexity index is 857. The lowest BCUT2D eigenvalue weighted by Gasteiger charge is -2.38. The Balaban J connectivity index is 1.91. The first-order valence-electron chi connectivity index (χ1n) is 8.58. The topological polar surface area (TPSA) is 106 Å². The maximum atomic E-state index is 13.0. The van der Waals surface area contributed by atoms with Crippen LogP contribution >= 0.6 is 0 Å². The van der Waals surface area contributed by atoms with Gasteiger partial charge in [0.25, 0.3) is 10.0 Å². The van der Waals surface area contributed by atoms with Crippen molar-refractivity contribution in [3.63, 3.8) is 0 Å². The molecule has 0 saturated heterocycles. The molecule has 3 rings (SSSR count). The minimum Gasteiger partial charge on any atom is -0.481 e. The summed E-state index contributed by atoms with van der Waals surface area (Å²) < 4.78 is 35.3. The van der Waals surface area contributed by atoms with Crippen LogP contribution < -0.4 is 9.46 Å². The van der Waals surface area contributed by atoms with Crippen molar-refractivity contribution >= 4 is 10.0 Å². The third-order valence-corrected chi connectivity index (χ3v) is 6.11. The van der Waals surface area contributed by atoms with E-state index in [-0.39, 0.29) is 17.0 Å². The minimum absolute atomic E-state index is 0.00839. The second-order valence-electron chi connectivity index (χ2n) is 6.56. The molecule has 0 aliphatic heterocycles. The van der Waals surface area contributed by atoms with Crippen LogP contribution in [0.25, 0.3) is 0 Å². The lowest BCUT2D eigenvalue weighted by atomic mass is 9.76. The Hall–Kier alpha value is -1.97. The lowest BCUT2D eigenvalue weighted by molar-refractivity contribution is 0.0279. The van der Waals surface area contributed by atoms with Gasteiger partial charge in [-0.15, -0.1) is 0 Å². The molecule has 142 valence electrons. The normalized spacial score (nSPS) is 21.2. The van der Waals surface area contributed by atoms with Crippen molar-refractivity contribution in [3.8, 4) is 5.88 Å². The lowest BCUT2D eigenvalue weighted by Crippen LogP contribution is -2.41. The van der Waals surface area contributed by atoms with Gasteiger partial charge in [0, 0.05) is 18.8 Å². The molecule has 1 saturated carbocycles. The van der Waals surface area contributed by atoms with E-state index < -0.39 is 16.1 Å². The van der Waals surface area contributed by atoms with Gasteiger partial charge in [-0.05, 0) is 44.2 Å². The highest BCUT2D eigenvalue weighted by Crippen LogP contribution is 2.39. The summed E-state index contributed by atoms with van der Waals surface area (Å²) in [6.45, 7) is 4.07. The van der Waals surface area contributed by atoms with Gasteiger partial charge in [-0.3, -0.25) is 4.68 Å². The largest absolute Gasteiger partial charge is 0.481 e. The molecule has 1 atom stereocenters. The molecule has 0 spiro atoms. The van der Waals surface area contributed by atoms with E-state index in [1.54, 1.807) is 31.3 Å². The number of methoxy groups -OCH3 is 1. The number of rotatable bonds is 7. The number of nitrogens with one attached hydrogen (secondary N) is 1. The maximum Gasteiger partial charge on any atom is 0.258 e. The zero-order chi connectivity index (χ0) is 18.9. The fourth-order valence-corrected chi connectivity index (χ4v) is 4.78. The number of aryl methyl sites for hydroxylation is 2. The molecule has 8 nitrogen and oxygen atoms in total. The van der Waals surface area contributed by atoms with Crippen LogP contribution in [0.4, 0.5) is 0 Å². The van der Waals surface area contributed by atoms with E-state index in [9.17, 15) is 13.5 Å². The smallest absolute Gasteiger partial charge is 0.258 e. The van der Waals surface area contributed by atoms with Crippen LogP contribution in [-0.4, -0.2) is 41.5 Å². The third-order valence-electron chi connectivity index (χ3n) is 4.67. The number of nitrogens with zero attached hydrogens (tertiary/aromatic N) is 3. The summed E-state index contributed by atoms with van der Waals surface area (Å²) in [6.07, 6.45) is 2.32. The number of hydrogen-bond acceptors (Lipinski definition) is 6. The molecule has 0 radical (unpaired) electrons. The van der Waals surface area contributed by atoms with Crippen LogP contribution in [0.5, 0.6) is 5.88 Å². The first-order chi connectivity index (χ1) is 12.3. The Labute approximate surface area is 153 Å². The van der Waals surface area contributed by atoms with E-state index in [1.165, 1.54) is 11.8 Å². The molecule has 2 heterocycles. The summed E-state index contributed by atoms with van der Waals surface area (Å²) in [6, 6.07) is 4.59. The van der Waals surface area contributed by atoms with Crippen molar-refractivity contribution < 1.29 is 18.3 Å². The highest BCUT2D eigenvalue weighted by Gasteiger charge is 2.38. The van der Waals surface area contributed by atoms with Gasteiger partial charge in [0.2, 0.25) is 5.88 Å². The predicted octanol–water partition coefficient (Wildman–Crippen LogP) is 1.41. The number of sulfonamides is 1. The van der Waals surface area contributed by atoms with Crippen LogP contribution in [0.2, 0.25) is 0 Å². The van der Waals surface area contributed by atoms with Crippen LogP contribution in [0.1, 0.15) is 37.1 Å². The van der Waals surface area contributed by atoms with E-state index in [0.717, 1.165) is 5.56 Å². The Morgan fingerprint density at radius 2 is 2.15 bits per heavy atom. The minimum atomic E-state index is -3.77. The maximum absolute atomic E-state index is 13.0. The summed E-state index contributed by atoms with van der Waals surface area (Å²) >= 11 is 0. The van der Waals surface area contributed by atoms with E-state index in [0.29, 0.717) is 31.0 Å². The number of aliphatic hydroxyl groups excluding tert-OH is 1. The number of ether oxygens (including phenoxy) is 1. The van der Waals surface area contributed by atoms with Gasteiger partial charge in [-0.1, -0.05) is 6.07 Å². The van der Waals surface area contributed by atoms with Gasteiger partial charge in [0.1, 0.15) is 0 Å². The fourth-order valence-electron chi connectivity index (χ4n) is 3.23. The Kier molecular flexibility index (Phi) is 5.31. The van der Waals surface area contributed by atoms with Crippen molar-refractivity contribution in [1.29, 1.82) is 0 Å². The second-order valence-corrected chi connectivity index (χ2v) is 8.22. The number of pyridine rings is 1. The summed E-state index contributed by atoms with van der Waals surface area (Å²) in [5.41, 5.74) is 1.39. The molecule has 9 heteroatoms. The molecule has 1 aliphatic carbocycles. The molecule has 0 amide bonds. The molecular weight excluding hydrogens is 356 g/mol. The average molecular weight is 380 g/mol. The zero-order valence-electron chi connectivity index (χ0n) is 15.1. The SMILES string of the molecule is CCn1nc(C)cc1S(=O)(=O)NC(c1ccc(OC)nc1)C1CC(O)C1. The molecule has 1 aliphatic rings. The summed E-state index contributed by atoms with van der Waals surface area (Å²) in [4.78, 5) is 4.18. The highest BCUT2D eigenvalue weighted by atomic mass is 32.2. The van der Waals surface area contributed by atoms with E-state index in [4.69, 9.17) is 4.74 Å². The molecule has 2 N–H and O–H groups in total. The van der Waals surface area contributed by atoms with Crippen LogP contribution in [0.3, 0.4) is 0 Å². The Morgan fingerprint density at radius 3 is 2.69 bits per heavy atom. The molecule has 1 unspecified atom stereocenters. The van der Waals surface area contributed by atoms with Crippen molar-refractivity contribution in [2.24, 2.45) is 5.92 Å². The highest BCUT2D eigenvalue weighted by molar-refractivity contribution is 7.89. The predicted molar refractivity (Wildman–Crippen MR) is 95.2 cm³/mol. The standard InChI is InChI=1S/C17H24N4O4S/c1-4-21-16(7-11(2)19-21)26(23,24)20-17(13-8-14(22)9-13)12-5-6-15(25-3)18-10-12/h5-7,10,13-14,17,20,22H,4,8-9H2,1-3H3. The van der Waals surface area contributed by atoms with E-state index in [2.05, 4.69) is 14.8 Å². The first-order valence-corrected chi connectivity index (χ1v) is 10.1. The summed E-state index contributed by atoms with van der Waals surface area (Å²) in [5, 5.41) is 14.0. The molecule has 1 fully saturated rings. The van der Waals surface area contributed by atoms with Gasteiger partial charge in [0.05, 0.1) is 24.9 Å². The third kappa shape index (κ3) is 3.74. The van der Waals surface area contributed by atoms with Crippen LogP contribution in [0, 0.1) is 12.8 Å². The second kappa shape index (κ2) is 7.34. The monoisotopic (exact) mass is 380 g/mol. The number of hydrogen-bond donors (Lipinski definition) is 2. The molecule has 2 aromatic rings. The Morgan fingerprint density at radius 1 is 1.42 bits per heavy atom. The van der Waals surface area contributed by atoms with Crippen LogP contribution in [-0.2, 0) is 16.6 Å². The molecule has 2 aromatic heterocycles. The van der Waals surface area contributed by atoms with Gasteiger partial charge in [0.15, 0.2) is 5.03 Å². The van der Waals surface area contributed by atoms with Gasteiger partial charge >= 0.3 is 0 Å². The number of aliphatic hydroxyl groups is 1. The van der Waals surface area contributed by atoms with Crippen molar-refractivity contribution in [1.82, 2.24) is 19.5 Å². The molecular formula is C17H24N4O4S. The molecule has 26 heavy (non-hydrogen) atoms.